The summed E-state index contributed by atoms with van der Waals surface area (Å²) in [5, 5.41) is 10.4. The van der Waals surface area contributed by atoms with E-state index in [0.717, 1.165) is 16.4 Å². The molecule has 3 N–H and O–H groups in total. The summed E-state index contributed by atoms with van der Waals surface area (Å²) in [6.45, 7) is 0. The topological polar surface area (TPSA) is 63.3 Å². The van der Waals surface area contributed by atoms with E-state index in [1.54, 1.807) is 11.8 Å². The highest BCUT2D eigenvalue weighted by atomic mass is 32.2. The summed E-state index contributed by atoms with van der Waals surface area (Å²) < 4.78 is 0. The van der Waals surface area contributed by atoms with Crippen LogP contribution in [0.15, 0.2) is 10.3 Å². The molecule has 1 rings (SSSR count). The fraction of sp³-hybridized carbons (Fsp3) is 0.500. The van der Waals surface area contributed by atoms with Crippen LogP contribution in [0.2, 0.25) is 0 Å². The van der Waals surface area contributed by atoms with E-state index in [4.69, 9.17) is 10.8 Å². The van der Waals surface area contributed by atoms with Crippen LogP contribution in [0.3, 0.4) is 0 Å². The summed E-state index contributed by atoms with van der Waals surface area (Å²) in [5.74, 6) is 1.05. The van der Waals surface area contributed by atoms with Crippen molar-refractivity contribution in [3.63, 3.8) is 0 Å². The SMILES string of the molecule is NC(C(=O)O)C1=CSCCS1. The summed E-state index contributed by atoms with van der Waals surface area (Å²) in [6.07, 6.45) is 0. The van der Waals surface area contributed by atoms with E-state index in [1.165, 1.54) is 11.8 Å². The number of aliphatic carboxylic acids is 1. The number of hydrogen-bond acceptors (Lipinski definition) is 4. The summed E-state index contributed by atoms with van der Waals surface area (Å²) >= 11 is 3.16. The Bertz CT molecular complexity index is 193. The fourth-order valence-electron chi connectivity index (χ4n) is 0.667. The first-order valence-electron chi connectivity index (χ1n) is 3.14. The lowest BCUT2D eigenvalue weighted by atomic mass is 10.3. The Morgan fingerprint density at radius 3 is 2.91 bits per heavy atom. The molecular formula is C6H9NO2S2. The van der Waals surface area contributed by atoms with Gasteiger partial charge in [0.25, 0.3) is 0 Å². The molecule has 0 spiro atoms. The molecule has 0 radical (unpaired) electrons. The summed E-state index contributed by atoms with van der Waals surface area (Å²) in [4.78, 5) is 11.2. The molecule has 1 heterocycles. The zero-order chi connectivity index (χ0) is 8.27. The molecule has 0 aromatic carbocycles. The van der Waals surface area contributed by atoms with E-state index in [0.29, 0.717) is 0 Å². The second-order valence-electron chi connectivity index (χ2n) is 2.06. The summed E-state index contributed by atoms with van der Waals surface area (Å²) in [6, 6.07) is -0.826. The molecule has 1 atom stereocenters. The van der Waals surface area contributed by atoms with Gasteiger partial charge in [0.05, 0.1) is 0 Å². The number of rotatable bonds is 2. The van der Waals surface area contributed by atoms with Gasteiger partial charge in [0.15, 0.2) is 0 Å². The van der Waals surface area contributed by atoms with Gasteiger partial charge in [0, 0.05) is 16.4 Å². The molecule has 1 aliphatic heterocycles. The van der Waals surface area contributed by atoms with Crippen molar-refractivity contribution in [1.82, 2.24) is 0 Å². The fourth-order valence-corrected chi connectivity index (χ4v) is 2.81. The van der Waals surface area contributed by atoms with E-state index in [-0.39, 0.29) is 0 Å². The first kappa shape index (κ1) is 8.96. The maximum absolute atomic E-state index is 10.4. The molecule has 3 nitrogen and oxygen atoms in total. The first-order valence-corrected chi connectivity index (χ1v) is 5.18. The Morgan fingerprint density at radius 2 is 2.45 bits per heavy atom. The van der Waals surface area contributed by atoms with Gasteiger partial charge < -0.3 is 10.8 Å². The van der Waals surface area contributed by atoms with Crippen LogP contribution in [0.4, 0.5) is 0 Å². The van der Waals surface area contributed by atoms with Gasteiger partial charge in [-0.15, -0.1) is 23.5 Å². The average Bonchev–Trinajstić information content (AvgIpc) is 2.05. The lowest BCUT2D eigenvalue weighted by molar-refractivity contribution is -0.137. The van der Waals surface area contributed by atoms with Crippen LogP contribution in [-0.4, -0.2) is 28.6 Å². The maximum atomic E-state index is 10.4. The van der Waals surface area contributed by atoms with Gasteiger partial charge in [-0.25, -0.2) is 0 Å². The molecule has 1 unspecified atom stereocenters. The molecular weight excluding hydrogens is 182 g/mol. The molecule has 1 aliphatic rings. The number of nitrogens with two attached hydrogens (primary N) is 1. The van der Waals surface area contributed by atoms with Crippen LogP contribution in [0.1, 0.15) is 0 Å². The van der Waals surface area contributed by atoms with Crippen molar-refractivity contribution in [2.24, 2.45) is 5.73 Å². The first-order chi connectivity index (χ1) is 5.22. The van der Waals surface area contributed by atoms with Gasteiger partial charge in [0.2, 0.25) is 0 Å². The number of thioether (sulfide) groups is 2. The van der Waals surface area contributed by atoms with Crippen molar-refractivity contribution in [3.05, 3.63) is 10.3 Å². The Hall–Kier alpha value is -0.130. The smallest absolute Gasteiger partial charge is 0.325 e. The second kappa shape index (κ2) is 4.04. The van der Waals surface area contributed by atoms with Crippen LogP contribution >= 0.6 is 23.5 Å². The van der Waals surface area contributed by atoms with Crippen LogP contribution in [0.25, 0.3) is 0 Å². The molecule has 11 heavy (non-hydrogen) atoms. The minimum absolute atomic E-state index is 0.772. The highest BCUT2D eigenvalue weighted by Gasteiger charge is 2.19. The minimum Gasteiger partial charge on any atom is -0.480 e. The summed E-state index contributed by atoms with van der Waals surface area (Å²) in [5.41, 5.74) is 5.39. The highest BCUT2D eigenvalue weighted by molar-refractivity contribution is 8.09. The lowest BCUT2D eigenvalue weighted by Crippen LogP contribution is -2.31. The van der Waals surface area contributed by atoms with Gasteiger partial charge in [-0.1, -0.05) is 0 Å². The molecule has 0 aromatic rings. The van der Waals surface area contributed by atoms with E-state index in [2.05, 4.69) is 0 Å². The third kappa shape index (κ3) is 2.43. The predicted molar refractivity (Wildman–Crippen MR) is 48.6 cm³/mol. The molecule has 0 bridgehead atoms. The Labute approximate surface area is 73.4 Å². The van der Waals surface area contributed by atoms with E-state index >= 15 is 0 Å². The highest BCUT2D eigenvalue weighted by Crippen LogP contribution is 2.28. The van der Waals surface area contributed by atoms with Gasteiger partial charge in [0.1, 0.15) is 6.04 Å². The third-order valence-corrected chi connectivity index (χ3v) is 3.62. The number of carbonyl (C=O) groups is 1. The quantitative estimate of drug-likeness (QED) is 0.673. The standard InChI is InChI=1S/C6H9NO2S2/c7-5(6(8)9)4-3-10-1-2-11-4/h3,5H,1-2,7H2,(H,8,9). The predicted octanol–water partition coefficient (Wildman–Crippen LogP) is 0.720. The number of carboxylic acid groups (broad SMARTS) is 1. The molecule has 0 saturated heterocycles. The van der Waals surface area contributed by atoms with Gasteiger partial charge in [-0.3, -0.25) is 4.79 Å². The van der Waals surface area contributed by atoms with Crippen molar-refractivity contribution < 1.29 is 9.90 Å². The van der Waals surface area contributed by atoms with E-state index in [9.17, 15) is 4.79 Å². The molecule has 5 heteroatoms. The van der Waals surface area contributed by atoms with Crippen molar-refractivity contribution in [2.75, 3.05) is 11.5 Å². The van der Waals surface area contributed by atoms with Gasteiger partial charge in [-0.2, -0.15) is 0 Å². The second-order valence-corrected chi connectivity index (χ2v) is 4.20. The largest absolute Gasteiger partial charge is 0.480 e. The molecule has 0 amide bonds. The normalized spacial score (nSPS) is 20.6. The molecule has 62 valence electrons. The van der Waals surface area contributed by atoms with Crippen LogP contribution in [0.5, 0.6) is 0 Å². The van der Waals surface area contributed by atoms with E-state index in [1.807, 2.05) is 5.41 Å². The molecule has 0 fully saturated rings. The van der Waals surface area contributed by atoms with Crippen molar-refractivity contribution in [1.29, 1.82) is 0 Å². The van der Waals surface area contributed by atoms with Gasteiger partial charge >= 0.3 is 5.97 Å². The number of carboxylic acids is 1. The third-order valence-electron chi connectivity index (χ3n) is 1.24. The zero-order valence-electron chi connectivity index (χ0n) is 5.82. The maximum Gasteiger partial charge on any atom is 0.325 e. The molecule has 0 saturated carbocycles. The summed E-state index contributed by atoms with van der Waals surface area (Å²) in [7, 11) is 0. The van der Waals surface area contributed by atoms with Crippen LogP contribution in [0, 0.1) is 0 Å². The van der Waals surface area contributed by atoms with Crippen molar-refractivity contribution in [2.45, 2.75) is 6.04 Å². The van der Waals surface area contributed by atoms with Crippen molar-refractivity contribution in [3.8, 4) is 0 Å². The lowest BCUT2D eigenvalue weighted by Gasteiger charge is -2.14. The molecule has 0 aliphatic carbocycles. The monoisotopic (exact) mass is 191 g/mol. The minimum atomic E-state index is -0.953. The van der Waals surface area contributed by atoms with Crippen LogP contribution < -0.4 is 5.73 Å². The van der Waals surface area contributed by atoms with Gasteiger partial charge in [-0.05, 0) is 5.41 Å². The Morgan fingerprint density at radius 1 is 1.73 bits per heavy atom. The van der Waals surface area contributed by atoms with E-state index < -0.39 is 12.0 Å². The average molecular weight is 191 g/mol. The Kier molecular flexibility index (Phi) is 3.29. The van der Waals surface area contributed by atoms with Crippen LogP contribution in [-0.2, 0) is 4.79 Å². The van der Waals surface area contributed by atoms with Crippen molar-refractivity contribution >= 4 is 29.5 Å². The number of hydrogen-bond donors (Lipinski definition) is 2. The Balaban J connectivity index is 2.58. The molecule has 0 aromatic heterocycles. The zero-order valence-corrected chi connectivity index (χ0v) is 7.45.